The standard InChI is InChI=1S/C16H19N5S2/c1-2-5-15-14(4-1)22-21(23-15)13-10-19-8-11-20(12-9-19)16-17-6-3-7-18-16/h1-7H,8-13H2. The molecule has 3 heterocycles. The van der Waals surface area contributed by atoms with Crippen molar-refractivity contribution in [3.05, 3.63) is 42.7 Å². The Labute approximate surface area is 145 Å². The highest BCUT2D eigenvalue weighted by molar-refractivity contribution is 8.14. The summed E-state index contributed by atoms with van der Waals surface area (Å²) >= 11 is 3.72. The first-order valence-electron chi connectivity index (χ1n) is 7.85. The van der Waals surface area contributed by atoms with Crippen molar-refractivity contribution < 1.29 is 0 Å². The van der Waals surface area contributed by atoms with E-state index in [4.69, 9.17) is 0 Å². The molecule has 1 aromatic carbocycles. The first kappa shape index (κ1) is 15.3. The van der Waals surface area contributed by atoms with Crippen LogP contribution in [0, 0.1) is 0 Å². The molecule has 0 bridgehead atoms. The van der Waals surface area contributed by atoms with Gasteiger partial charge in [-0.3, -0.25) is 4.90 Å². The lowest BCUT2D eigenvalue weighted by atomic mass is 10.3. The van der Waals surface area contributed by atoms with E-state index in [1.165, 1.54) is 9.79 Å². The fraction of sp³-hybridized carbons (Fsp3) is 0.375. The molecule has 0 atom stereocenters. The minimum Gasteiger partial charge on any atom is -0.338 e. The number of fused-ring (bicyclic) bond motifs is 1. The molecule has 0 spiro atoms. The predicted octanol–water partition coefficient (Wildman–Crippen LogP) is 2.63. The molecule has 1 aromatic heterocycles. The number of nitrogens with zero attached hydrogens (tertiary/aromatic N) is 5. The lowest BCUT2D eigenvalue weighted by molar-refractivity contribution is 0.254. The van der Waals surface area contributed by atoms with Gasteiger partial charge in [-0.1, -0.05) is 12.1 Å². The zero-order valence-corrected chi connectivity index (χ0v) is 14.5. The number of piperazine rings is 1. The van der Waals surface area contributed by atoms with Gasteiger partial charge in [-0.25, -0.2) is 9.97 Å². The van der Waals surface area contributed by atoms with E-state index < -0.39 is 0 Å². The monoisotopic (exact) mass is 345 g/mol. The minimum atomic E-state index is 0.855. The summed E-state index contributed by atoms with van der Waals surface area (Å²) in [4.78, 5) is 16.2. The summed E-state index contributed by atoms with van der Waals surface area (Å²) in [6.45, 7) is 6.35. The highest BCUT2D eigenvalue weighted by Crippen LogP contribution is 2.45. The zero-order valence-electron chi connectivity index (χ0n) is 12.8. The Bertz CT molecular complexity index is 621. The zero-order chi connectivity index (χ0) is 15.5. The molecule has 1 saturated heterocycles. The van der Waals surface area contributed by atoms with Gasteiger partial charge in [-0.2, -0.15) is 3.71 Å². The minimum absolute atomic E-state index is 0.855. The van der Waals surface area contributed by atoms with Crippen LogP contribution in [0.3, 0.4) is 0 Å². The van der Waals surface area contributed by atoms with Gasteiger partial charge in [0.25, 0.3) is 0 Å². The maximum absolute atomic E-state index is 4.34. The number of rotatable bonds is 4. The van der Waals surface area contributed by atoms with Crippen LogP contribution in [0.4, 0.5) is 5.95 Å². The topological polar surface area (TPSA) is 35.5 Å². The molecular weight excluding hydrogens is 326 g/mol. The smallest absolute Gasteiger partial charge is 0.225 e. The molecule has 120 valence electrons. The summed E-state index contributed by atoms with van der Waals surface area (Å²) in [6, 6.07) is 10.5. The molecule has 0 saturated carbocycles. The summed E-state index contributed by atoms with van der Waals surface area (Å²) in [7, 11) is 0. The molecule has 0 aliphatic carbocycles. The first-order valence-corrected chi connectivity index (χ1v) is 9.40. The SMILES string of the molecule is c1cnc(N2CCN(CCN3Sc4ccccc4S3)CC2)nc1. The molecule has 0 amide bonds. The quantitative estimate of drug-likeness (QED) is 0.788. The summed E-state index contributed by atoms with van der Waals surface area (Å²) in [5.74, 6) is 0.855. The van der Waals surface area contributed by atoms with Crippen molar-refractivity contribution in [2.45, 2.75) is 9.79 Å². The second kappa shape index (κ2) is 7.09. The highest BCUT2D eigenvalue weighted by atomic mass is 32.2. The lowest BCUT2D eigenvalue weighted by Crippen LogP contribution is -2.48. The van der Waals surface area contributed by atoms with E-state index in [0.29, 0.717) is 0 Å². The summed E-state index contributed by atoms with van der Waals surface area (Å²) < 4.78 is 2.39. The molecule has 0 radical (unpaired) electrons. The molecule has 0 N–H and O–H groups in total. The first-order chi connectivity index (χ1) is 11.4. The third-order valence-corrected chi connectivity index (χ3v) is 6.51. The molecule has 4 rings (SSSR count). The number of hydrogen-bond acceptors (Lipinski definition) is 7. The summed E-state index contributed by atoms with van der Waals surface area (Å²) in [6.07, 6.45) is 3.63. The van der Waals surface area contributed by atoms with Crippen LogP contribution < -0.4 is 4.90 Å². The van der Waals surface area contributed by atoms with E-state index in [-0.39, 0.29) is 0 Å². The van der Waals surface area contributed by atoms with E-state index >= 15 is 0 Å². The van der Waals surface area contributed by atoms with Crippen molar-refractivity contribution in [3.63, 3.8) is 0 Å². The van der Waals surface area contributed by atoms with Crippen molar-refractivity contribution in [1.29, 1.82) is 0 Å². The van der Waals surface area contributed by atoms with Crippen LogP contribution in [-0.2, 0) is 0 Å². The normalized spacial score (nSPS) is 19.0. The van der Waals surface area contributed by atoms with Crippen molar-refractivity contribution in [3.8, 4) is 0 Å². The van der Waals surface area contributed by atoms with Crippen molar-refractivity contribution in [2.24, 2.45) is 0 Å². The Morgan fingerprint density at radius 1 is 0.826 bits per heavy atom. The maximum Gasteiger partial charge on any atom is 0.225 e. The number of aromatic nitrogens is 2. The van der Waals surface area contributed by atoms with Crippen molar-refractivity contribution >= 4 is 29.8 Å². The lowest BCUT2D eigenvalue weighted by Gasteiger charge is -2.35. The average Bonchev–Trinajstić information content (AvgIpc) is 3.04. The second-order valence-corrected chi connectivity index (χ2v) is 7.92. The fourth-order valence-electron chi connectivity index (χ4n) is 2.78. The van der Waals surface area contributed by atoms with Crippen molar-refractivity contribution in [1.82, 2.24) is 18.6 Å². The van der Waals surface area contributed by atoms with Crippen LogP contribution in [0.5, 0.6) is 0 Å². The molecule has 5 nitrogen and oxygen atoms in total. The molecule has 2 aliphatic heterocycles. The summed E-state index contributed by atoms with van der Waals surface area (Å²) in [5.41, 5.74) is 0. The van der Waals surface area contributed by atoms with Gasteiger partial charge in [-0.15, -0.1) is 0 Å². The number of anilines is 1. The van der Waals surface area contributed by atoms with E-state index in [2.05, 4.69) is 47.7 Å². The Morgan fingerprint density at radius 2 is 1.48 bits per heavy atom. The van der Waals surface area contributed by atoms with E-state index in [1.807, 2.05) is 42.4 Å². The van der Waals surface area contributed by atoms with Crippen LogP contribution in [-0.4, -0.2) is 57.8 Å². The number of hydrogen-bond donors (Lipinski definition) is 0. The van der Waals surface area contributed by atoms with Gasteiger partial charge in [0.15, 0.2) is 0 Å². The molecule has 23 heavy (non-hydrogen) atoms. The molecule has 2 aliphatic rings. The highest BCUT2D eigenvalue weighted by Gasteiger charge is 2.23. The molecule has 1 fully saturated rings. The molecule has 7 heteroatoms. The van der Waals surface area contributed by atoms with Crippen LogP contribution in [0.25, 0.3) is 0 Å². The fourth-order valence-corrected chi connectivity index (χ4v) is 5.01. The third kappa shape index (κ3) is 3.63. The van der Waals surface area contributed by atoms with Crippen molar-refractivity contribution in [2.75, 3.05) is 44.2 Å². The molecule has 2 aromatic rings. The van der Waals surface area contributed by atoms with Gasteiger partial charge in [0.1, 0.15) is 0 Å². The van der Waals surface area contributed by atoms with E-state index in [1.54, 1.807) is 0 Å². The predicted molar refractivity (Wildman–Crippen MR) is 95.5 cm³/mol. The van der Waals surface area contributed by atoms with Gasteiger partial charge >= 0.3 is 0 Å². The number of benzene rings is 1. The largest absolute Gasteiger partial charge is 0.338 e. The van der Waals surface area contributed by atoms with E-state index in [9.17, 15) is 0 Å². The van der Waals surface area contributed by atoms with Gasteiger partial charge in [0.05, 0.1) is 0 Å². The molecule has 0 unspecified atom stereocenters. The molecular formula is C16H19N5S2. The summed E-state index contributed by atoms with van der Waals surface area (Å²) in [5, 5.41) is 0. The Kier molecular flexibility index (Phi) is 4.70. The Hall–Kier alpha value is -1.28. The van der Waals surface area contributed by atoms with Gasteiger partial charge in [0, 0.05) is 61.5 Å². The average molecular weight is 345 g/mol. The third-order valence-electron chi connectivity index (χ3n) is 4.06. The van der Waals surface area contributed by atoms with Crippen LogP contribution in [0.2, 0.25) is 0 Å². The maximum atomic E-state index is 4.34. The second-order valence-electron chi connectivity index (χ2n) is 5.56. The van der Waals surface area contributed by atoms with Crippen LogP contribution in [0.1, 0.15) is 0 Å². The Morgan fingerprint density at radius 3 is 2.13 bits per heavy atom. The van der Waals surface area contributed by atoms with Gasteiger partial charge in [-0.05, 0) is 42.1 Å². The van der Waals surface area contributed by atoms with Crippen LogP contribution in [0.15, 0.2) is 52.5 Å². The van der Waals surface area contributed by atoms with Gasteiger partial charge in [0.2, 0.25) is 5.95 Å². The van der Waals surface area contributed by atoms with E-state index in [0.717, 1.165) is 45.2 Å². The Balaban J connectivity index is 1.23. The van der Waals surface area contributed by atoms with Crippen LogP contribution >= 0.6 is 23.9 Å². The van der Waals surface area contributed by atoms with Gasteiger partial charge < -0.3 is 4.90 Å².